The molecule has 92 valence electrons. The van der Waals surface area contributed by atoms with Crippen LogP contribution in [0.4, 0.5) is 0 Å². The molecule has 2 nitrogen and oxygen atoms in total. The molecule has 0 saturated carbocycles. The van der Waals surface area contributed by atoms with Gasteiger partial charge in [0.1, 0.15) is 0 Å². The molecule has 0 aromatic heterocycles. The number of rotatable bonds is 3. The lowest BCUT2D eigenvalue weighted by molar-refractivity contribution is 0.122. The minimum Gasteiger partial charge on any atom is -0.312 e. The lowest BCUT2D eigenvalue weighted by Gasteiger charge is -2.40. The highest BCUT2D eigenvalue weighted by Crippen LogP contribution is 2.20. The molecule has 0 radical (unpaired) electrons. The molecule has 0 aromatic carbocycles. The average Bonchev–Trinajstić information content (AvgIpc) is 2.17. The number of hydrogen-bond acceptors (Lipinski definition) is 2. The summed E-state index contributed by atoms with van der Waals surface area (Å²) in [5.41, 5.74) is 0. The lowest BCUT2D eigenvalue weighted by Crippen LogP contribution is -2.51. The van der Waals surface area contributed by atoms with E-state index in [1.807, 2.05) is 6.92 Å². The molecule has 0 bridgehead atoms. The molecule has 0 aliphatic carbocycles. The van der Waals surface area contributed by atoms with Gasteiger partial charge in [0, 0.05) is 24.7 Å². The van der Waals surface area contributed by atoms with Crippen molar-refractivity contribution in [3.8, 4) is 11.8 Å². The van der Waals surface area contributed by atoms with E-state index in [0.29, 0.717) is 24.2 Å². The molecular formula is C14H26N2. The molecule has 1 heterocycles. The third-order valence-electron chi connectivity index (χ3n) is 3.19. The van der Waals surface area contributed by atoms with Gasteiger partial charge in [-0.3, -0.25) is 4.90 Å². The monoisotopic (exact) mass is 222 g/mol. The Labute approximate surface area is 101 Å². The van der Waals surface area contributed by atoms with E-state index in [9.17, 15) is 0 Å². The topological polar surface area (TPSA) is 15.3 Å². The highest BCUT2D eigenvalue weighted by atomic mass is 15.2. The van der Waals surface area contributed by atoms with Gasteiger partial charge in [-0.2, -0.15) is 0 Å². The van der Waals surface area contributed by atoms with Crippen molar-refractivity contribution in [1.82, 2.24) is 10.2 Å². The molecule has 1 aliphatic heterocycles. The highest BCUT2D eigenvalue weighted by molar-refractivity contribution is 5.09. The predicted molar refractivity (Wildman–Crippen MR) is 70.4 cm³/mol. The number of nitrogens with one attached hydrogen (secondary N) is 1. The zero-order chi connectivity index (χ0) is 12.1. The Morgan fingerprint density at radius 3 is 2.44 bits per heavy atom. The van der Waals surface area contributed by atoms with Crippen LogP contribution < -0.4 is 5.32 Å². The molecule has 1 fully saturated rings. The molecule has 16 heavy (non-hydrogen) atoms. The normalized spacial score (nSPS) is 26.9. The van der Waals surface area contributed by atoms with E-state index in [1.165, 1.54) is 13.0 Å². The van der Waals surface area contributed by atoms with E-state index in [4.69, 9.17) is 0 Å². The van der Waals surface area contributed by atoms with Crippen LogP contribution in [0.3, 0.4) is 0 Å². The van der Waals surface area contributed by atoms with Crippen LogP contribution in [-0.4, -0.2) is 35.6 Å². The fourth-order valence-electron chi connectivity index (χ4n) is 2.53. The molecule has 2 atom stereocenters. The summed E-state index contributed by atoms with van der Waals surface area (Å²) >= 11 is 0. The van der Waals surface area contributed by atoms with Crippen LogP contribution in [0.15, 0.2) is 0 Å². The Balaban J connectivity index is 2.60. The van der Waals surface area contributed by atoms with Crippen LogP contribution in [0.1, 0.15) is 47.5 Å². The molecule has 0 aromatic rings. The van der Waals surface area contributed by atoms with Crippen LogP contribution in [0.5, 0.6) is 0 Å². The smallest absolute Gasteiger partial charge is 0.0731 e. The number of nitrogens with zero attached hydrogens (tertiary/aromatic N) is 1. The zero-order valence-electron chi connectivity index (χ0n) is 11.4. The number of likely N-dealkylation sites (tertiary alicyclic amines) is 1. The van der Waals surface area contributed by atoms with Crippen molar-refractivity contribution in [2.75, 3.05) is 6.54 Å². The van der Waals surface area contributed by atoms with Gasteiger partial charge in [-0.15, -0.1) is 5.92 Å². The van der Waals surface area contributed by atoms with E-state index < -0.39 is 0 Å². The molecular weight excluding hydrogens is 196 g/mol. The van der Waals surface area contributed by atoms with Crippen molar-refractivity contribution in [2.45, 2.75) is 71.6 Å². The third-order valence-corrected chi connectivity index (χ3v) is 3.19. The van der Waals surface area contributed by atoms with Crippen LogP contribution in [0.2, 0.25) is 0 Å². The summed E-state index contributed by atoms with van der Waals surface area (Å²) in [6.45, 7) is 12.1. The molecule has 1 rings (SSSR count). The maximum absolute atomic E-state index is 3.64. The van der Waals surface area contributed by atoms with Crippen LogP contribution in [0.25, 0.3) is 0 Å². The predicted octanol–water partition coefficient (Wildman–Crippen LogP) is 2.25. The summed E-state index contributed by atoms with van der Waals surface area (Å²) in [4.78, 5) is 2.52. The van der Waals surface area contributed by atoms with Gasteiger partial charge in [0.15, 0.2) is 0 Å². The Morgan fingerprint density at radius 1 is 1.25 bits per heavy atom. The Morgan fingerprint density at radius 2 is 1.94 bits per heavy atom. The molecule has 1 aliphatic rings. The van der Waals surface area contributed by atoms with Gasteiger partial charge < -0.3 is 5.32 Å². The third kappa shape index (κ3) is 3.81. The zero-order valence-corrected chi connectivity index (χ0v) is 11.4. The SMILES string of the molecule is CC#CC1CC(NC(C)C)CCN1C(C)C. The van der Waals surface area contributed by atoms with Crippen molar-refractivity contribution in [3.63, 3.8) is 0 Å². The first-order chi connectivity index (χ1) is 7.54. The van der Waals surface area contributed by atoms with Gasteiger partial charge in [-0.1, -0.05) is 19.8 Å². The van der Waals surface area contributed by atoms with Gasteiger partial charge in [-0.25, -0.2) is 0 Å². The second kappa shape index (κ2) is 6.27. The molecule has 1 N–H and O–H groups in total. The van der Waals surface area contributed by atoms with Crippen molar-refractivity contribution in [2.24, 2.45) is 0 Å². The molecule has 2 heteroatoms. The number of hydrogen-bond donors (Lipinski definition) is 1. The van der Waals surface area contributed by atoms with E-state index in [1.54, 1.807) is 0 Å². The first-order valence-electron chi connectivity index (χ1n) is 6.48. The minimum atomic E-state index is 0.440. The summed E-state index contributed by atoms with van der Waals surface area (Å²) in [6, 6.07) is 2.26. The van der Waals surface area contributed by atoms with Crippen LogP contribution >= 0.6 is 0 Å². The van der Waals surface area contributed by atoms with E-state index in [0.717, 1.165) is 6.42 Å². The van der Waals surface area contributed by atoms with Crippen molar-refractivity contribution in [3.05, 3.63) is 0 Å². The Kier molecular flexibility index (Phi) is 5.31. The summed E-state index contributed by atoms with van der Waals surface area (Å²) in [7, 11) is 0. The maximum Gasteiger partial charge on any atom is 0.0731 e. The van der Waals surface area contributed by atoms with Crippen molar-refractivity contribution < 1.29 is 0 Å². The van der Waals surface area contributed by atoms with Crippen LogP contribution in [0, 0.1) is 11.8 Å². The quantitative estimate of drug-likeness (QED) is 0.737. The molecule has 0 amide bonds. The summed E-state index contributed by atoms with van der Waals surface area (Å²) in [5.74, 6) is 6.43. The summed E-state index contributed by atoms with van der Waals surface area (Å²) < 4.78 is 0. The lowest BCUT2D eigenvalue weighted by atomic mass is 9.95. The second-order valence-electron chi connectivity index (χ2n) is 5.28. The van der Waals surface area contributed by atoms with Gasteiger partial charge in [0.25, 0.3) is 0 Å². The first kappa shape index (κ1) is 13.5. The standard InChI is InChI=1S/C14H26N2/c1-6-7-14-10-13(15-11(2)3)8-9-16(14)12(4)5/h11-15H,8-10H2,1-5H3. The van der Waals surface area contributed by atoms with E-state index >= 15 is 0 Å². The van der Waals surface area contributed by atoms with E-state index in [2.05, 4.69) is 49.8 Å². The van der Waals surface area contributed by atoms with Gasteiger partial charge in [0.05, 0.1) is 6.04 Å². The molecule has 1 saturated heterocycles. The highest BCUT2D eigenvalue weighted by Gasteiger charge is 2.28. The first-order valence-corrected chi connectivity index (χ1v) is 6.48. The molecule has 0 spiro atoms. The number of piperidine rings is 1. The average molecular weight is 222 g/mol. The van der Waals surface area contributed by atoms with Gasteiger partial charge in [-0.05, 0) is 33.6 Å². The van der Waals surface area contributed by atoms with Crippen molar-refractivity contribution in [1.29, 1.82) is 0 Å². The Bertz CT molecular complexity index is 260. The summed E-state index contributed by atoms with van der Waals surface area (Å²) in [5, 5.41) is 3.64. The van der Waals surface area contributed by atoms with Gasteiger partial charge >= 0.3 is 0 Å². The maximum atomic E-state index is 3.64. The van der Waals surface area contributed by atoms with E-state index in [-0.39, 0.29) is 0 Å². The minimum absolute atomic E-state index is 0.440. The van der Waals surface area contributed by atoms with Crippen molar-refractivity contribution >= 4 is 0 Å². The largest absolute Gasteiger partial charge is 0.312 e. The fourth-order valence-corrected chi connectivity index (χ4v) is 2.53. The second-order valence-corrected chi connectivity index (χ2v) is 5.28. The summed E-state index contributed by atoms with van der Waals surface area (Å²) in [6.07, 6.45) is 2.41. The Hall–Kier alpha value is -0.520. The van der Waals surface area contributed by atoms with Crippen LogP contribution in [-0.2, 0) is 0 Å². The fraction of sp³-hybridized carbons (Fsp3) is 0.857. The molecule has 2 unspecified atom stereocenters. The van der Waals surface area contributed by atoms with Gasteiger partial charge in [0.2, 0.25) is 0 Å².